The highest BCUT2D eigenvalue weighted by Crippen LogP contribution is 2.14. The molecule has 1 aromatic carbocycles. The lowest BCUT2D eigenvalue weighted by molar-refractivity contribution is -0.138. The number of esters is 1. The van der Waals surface area contributed by atoms with E-state index in [4.69, 9.17) is 4.74 Å². The number of aryl methyl sites for hydroxylation is 1. The summed E-state index contributed by atoms with van der Waals surface area (Å²) in [6, 6.07) is 8.67. The molecule has 19 heavy (non-hydrogen) atoms. The SMILES string of the molecule is C=C(CNC(C)c1ccc(CC)cc1)C(=O)OCC. The number of rotatable bonds is 7. The zero-order chi connectivity index (χ0) is 14.3. The molecule has 1 rings (SSSR count). The Balaban J connectivity index is 2.48. The van der Waals surface area contributed by atoms with E-state index in [0.29, 0.717) is 18.7 Å². The minimum atomic E-state index is -0.330. The van der Waals surface area contributed by atoms with Crippen molar-refractivity contribution in [3.05, 3.63) is 47.5 Å². The van der Waals surface area contributed by atoms with Crippen molar-refractivity contribution in [1.29, 1.82) is 0 Å². The van der Waals surface area contributed by atoms with E-state index in [1.807, 2.05) is 0 Å². The molecule has 0 saturated carbocycles. The highest BCUT2D eigenvalue weighted by atomic mass is 16.5. The fourth-order valence-electron chi connectivity index (χ4n) is 1.74. The molecular weight excluding hydrogens is 238 g/mol. The van der Waals surface area contributed by atoms with Gasteiger partial charge in [-0.15, -0.1) is 0 Å². The topological polar surface area (TPSA) is 38.3 Å². The molecule has 1 aromatic rings. The van der Waals surface area contributed by atoms with E-state index in [-0.39, 0.29) is 12.0 Å². The van der Waals surface area contributed by atoms with E-state index in [1.54, 1.807) is 6.92 Å². The maximum absolute atomic E-state index is 11.4. The van der Waals surface area contributed by atoms with E-state index in [1.165, 1.54) is 11.1 Å². The largest absolute Gasteiger partial charge is 0.463 e. The molecule has 1 unspecified atom stereocenters. The summed E-state index contributed by atoms with van der Waals surface area (Å²) in [6.45, 7) is 10.5. The van der Waals surface area contributed by atoms with Gasteiger partial charge in [0.05, 0.1) is 6.61 Å². The number of carbonyl (C=O) groups is 1. The Morgan fingerprint density at radius 1 is 1.32 bits per heavy atom. The fraction of sp³-hybridized carbons (Fsp3) is 0.438. The first-order chi connectivity index (χ1) is 9.08. The van der Waals surface area contributed by atoms with Gasteiger partial charge in [-0.1, -0.05) is 37.8 Å². The average Bonchev–Trinajstić information content (AvgIpc) is 2.44. The zero-order valence-electron chi connectivity index (χ0n) is 12.0. The summed E-state index contributed by atoms with van der Waals surface area (Å²) in [5.41, 5.74) is 2.99. The number of ether oxygens (including phenoxy) is 1. The Bertz CT molecular complexity index is 423. The van der Waals surface area contributed by atoms with Crippen molar-refractivity contribution in [3.63, 3.8) is 0 Å². The van der Waals surface area contributed by atoms with E-state index >= 15 is 0 Å². The minimum absolute atomic E-state index is 0.178. The number of hydrogen-bond donors (Lipinski definition) is 1. The smallest absolute Gasteiger partial charge is 0.334 e. The van der Waals surface area contributed by atoms with Crippen LogP contribution < -0.4 is 5.32 Å². The van der Waals surface area contributed by atoms with Crippen molar-refractivity contribution in [2.24, 2.45) is 0 Å². The summed E-state index contributed by atoms with van der Waals surface area (Å²) in [4.78, 5) is 11.4. The molecule has 0 aliphatic heterocycles. The number of nitrogens with one attached hydrogen (secondary N) is 1. The third kappa shape index (κ3) is 4.87. The van der Waals surface area contributed by atoms with Crippen LogP contribution in [-0.2, 0) is 16.0 Å². The van der Waals surface area contributed by atoms with Crippen LogP contribution in [0.25, 0.3) is 0 Å². The molecule has 0 radical (unpaired) electrons. The lowest BCUT2D eigenvalue weighted by Gasteiger charge is -2.15. The maximum Gasteiger partial charge on any atom is 0.334 e. The van der Waals surface area contributed by atoms with Gasteiger partial charge in [-0.3, -0.25) is 0 Å². The lowest BCUT2D eigenvalue weighted by Crippen LogP contribution is -2.24. The van der Waals surface area contributed by atoms with Gasteiger partial charge in [-0.2, -0.15) is 0 Å². The molecule has 3 heteroatoms. The van der Waals surface area contributed by atoms with E-state index in [2.05, 4.69) is 50.0 Å². The molecule has 0 bridgehead atoms. The molecule has 1 N–H and O–H groups in total. The van der Waals surface area contributed by atoms with Crippen LogP contribution in [0.5, 0.6) is 0 Å². The van der Waals surface area contributed by atoms with Crippen LogP contribution in [0.3, 0.4) is 0 Å². The van der Waals surface area contributed by atoms with Crippen LogP contribution in [0.15, 0.2) is 36.4 Å². The van der Waals surface area contributed by atoms with Gasteiger partial charge >= 0.3 is 5.97 Å². The predicted octanol–water partition coefficient (Wildman–Crippen LogP) is 3.02. The summed E-state index contributed by atoms with van der Waals surface area (Å²) in [7, 11) is 0. The lowest BCUT2D eigenvalue weighted by atomic mass is 10.0. The number of carbonyl (C=O) groups excluding carboxylic acids is 1. The second-order valence-electron chi connectivity index (χ2n) is 4.52. The molecule has 104 valence electrons. The van der Waals surface area contributed by atoms with Crippen molar-refractivity contribution in [2.45, 2.75) is 33.2 Å². The predicted molar refractivity (Wildman–Crippen MR) is 78.0 cm³/mol. The van der Waals surface area contributed by atoms with Crippen LogP contribution >= 0.6 is 0 Å². The highest BCUT2D eigenvalue weighted by Gasteiger charge is 2.10. The van der Waals surface area contributed by atoms with Crippen molar-refractivity contribution >= 4 is 5.97 Å². The van der Waals surface area contributed by atoms with Crippen molar-refractivity contribution < 1.29 is 9.53 Å². The van der Waals surface area contributed by atoms with Crippen LogP contribution in [0.4, 0.5) is 0 Å². The first kappa shape index (κ1) is 15.4. The molecule has 0 aliphatic rings. The fourth-order valence-corrected chi connectivity index (χ4v) is 1.74. The van der Waals surface area contributed by atoms with E-state index in [9.17, 15) is 4.79 Å². The van der Waals surface area contributed by atoms with Gasteiger partial charge in [-0.05, 0) is 31.4 Å². The van der Waals surface area contributed by atoms with Gasteiger partial charge in [0.1, 0.15) is 0 Å². The molecule has 1 atom stereocenters. The van der Waals surface area contributed by atoms with Crippen LogP contribution in [0.1, 0.15) is 37.9 Å². The maximum atomic E-state index is 11.4. The monoisotopic (exact) mass is 261 g/mol. The molecule has 0 aromatic heterocycles. The zero-order valence-corrected chi connectivity index (χ0v) is 12.0. The molecule has 0 saturated heterocycles. The summed E-state index contributed by atoms with van der Waals surface area (Å²) >= 11 is 0. The van der Waals surface area contributed by atoms with Crippen LogP contribution in [0.2, 0.25) is 0 Å². The van der Waals surface area contributed by atoms with Gasteiger partial charge < -0.3 is 10.1 Å². The Labute approximate surface area is 115 Å². The molecular formula is C16H23NO2. The Morgan fingerprint density at radius 2 is 1.95 bits per heavy atom. The first-order valence-corrected chi connectivity index (χ1v) is 6.75. The molecule has 3 nitrogen and oxygen atoms in total. The van der Waals surface area contributed by atoms with Crippen LogP contribution in [-0.4, -0.2) is 19.1 Å². The van der Waals surface area contributed by atoms with Gasteiger partial charge in [0.25, 0.3) is 0 Å². The highest BCUT2D eigenvalue weighted by molar-refractivity contribution is 5.88. The Hall–Kier alpha value is -1.61. The van der Waals surface area contributed by atoms with Crippen molar-refractivity contribution in [2.75, 3.05) is 13.2 Å². The van der Waals surface area contributed by atoms with Gasteiger partial charge in [0.15, 0.2) is 0 Å². The van der Waals surface area contributed by atoms with E-state index in [0.717, 1.165) is 6.42 Å². The van der Waals surface area contributed by atoms with Crippen molar-refractivity contribution in [3.8, 4) is 0 Å². The molecule has 0 aliphatic carbocycles. The molecule has 0 heterocycles. The van der Waals surface area contributed by atoms with Crippen LogP contribution in [0, 0.1) is 0 Å². The Kier molecular flexibility index (Phi) is 6.30. The average molecular weight is 261 g/mol. The molecule has 0 fully saturated rings. The summed E-state index contributed by atoms with van der Waals surface area (Å²) in [6.07, 6.45) is 1.04. The van der Waals surface area contributed by atoms with E-state index < -0.39 is 0 Å². The van der Waals surface area contributed by atoms with Gasteiger partial charge in [-0.25, -0.2) is 4.79 Å². The second-order valence-corrected chi connectivity index (χ2v) is 4.52. The quantitative estimate of drug-likeness (QED) is 0.605. The first-order valence-electron chi connectivity index (χ1n) is 6.75. The number of benzene rings is 1. The summed E-state index contributed by atoms with van der Waals surface area (Å²) < 4.78 is 4.89. The van der Waals surface area contributed by atoms with Crippen molar-refractivity contribution in [1.82, 2.24) is 5.32 Å². The number of hydrogen-bond acceptors (Lipinski definition) is 3. The normalized spacial score (nSPS) is 11.9. The summed E-state index contributed by atoms with van der Waals surface area (Å²) in [5.74, 6) is -0.330. The molecule has 0 spiro atoms. The van der Waals surface area contributed by atoms with Gasteiger partial charge in [0, 0.05) is 18.2 Å². The van der Waals surface area contributed by atoms with Gasteiger partial charge in [0.2, 0.25) is 0 Å². The molecule has 0 amide bonds. The third-order valence-electron chi connectivity index (χ3n) is 3.07. The third-order valence-corrected chi connectivity index (χ3v) is 3.07. The Morgan fingerprint density at radius 3 is 2.47 bits per heavy atom. The summed E-state index contributed by atoms with van der Waals surface area (Å²) in [5, 5.41) is 3.28. The minimum Gasteiger partial charge on any atom is -0.463 e. The second kappa shape index (κ2) is 7.74. The standard InChI is InChI=1S/C16H23NO2/c1-5-14-7-9-15(10-8-14)13(4)17-11-12(3)16(18)19-6-2/h7-10,13,17H,3,5-6,11H2,1-2,4H3.